The summed E-state index contributed by atoms with van der Waals surface area (Å²) < 4.78 is 0. The Bertz CT molecular complexity index is 324. The molecule has 0 atom stereocenters. The summed E-state index contributed by atoms with van der Waals surface area (Å²) in [5.74, 6) is 2.24. The van der Waals surface area contributed by atoms with Gasteiger partial charge in [-0.15, -0.1) is 11.8 Å². The van der Waals surface area contributed by atoms with Crippen molar-refractivity contribution >= 4 is 17.7 Å². The maximum atomic E-state index is 11.5. The summed E-state index contributed by atoms with van der Waals surface area (Å²) in [7, 11) is 0. The van der Waals surface area contributed by atoms with Crippen LogP contribution in [0.4, 0.5) is 0 Å². The minimum Gasteiger partial charge on any atom is -0.355 e. The van der Waals surface area contributed by atoms with Crippen LogP contribution in [-0.4, -0.2) is 18.2 Å². The van der Waals surface area contributed by atoms with E-state index in [2.05, 4.69) is 31.3 Å². The number of hydrogen-bond acceptors (Lipinski definition) is 2. The lowest BCUT2D eigenvalue weighted by molar-refractivity contribution is -0.118. The molecule has 0 saturated heterocycles. The molecule has 0 bridgehead atoms. The highest BCUT2D eigenvalue weighted by Crippen LogP contribution is 2.10. The van der Waals surface area contributed by atoms with Crippen LogP contribution in [0.25, 0.3) is 0 Å². The molecule has 0 spiro atoms. The average molecular weight is 251 g/mol. The Hall–Kier alpha value is -0.960. The number of carbonyl (C=O) groups excluding carboxylic acids is 1. The zero-order valence-corrected chi connectivity index (χ0v) is 11.4. The largest absolute Gasteiger partial charge is 0.355 e. The van der Waals surface area contributed by atoms with Crippen molar-refractivity contribution in [3.8, 4) is 0 Å². The summed E-state index contributed by atoms with van der Waals surface area (Å²) in [6.45, 7) is 5.12. The lowest BCUT2D eigenvalue weighted by Crippen LogP contribution is -2.26. The Morgan fingerprint density at radius 2 is 2.00 bits per heavy atom. The first-order valence-corrected chi connectivity index (χ1v) is 7.22. The normalized spacial score (nSPS) is 10.5. The van der Waals surface area contributed by atoms with Gasteiger partial charge in [-0.05, 0) is 17.9 Å². The van der Waals surface area contributed by atoms with Gasteiger partial charge in [-0.2, -0.15) is 0 Å². The predicted octanol–water partition coefficient (Wildman–Crippen LogP) is 3.08. The van der Waals surface area contributed by atoms with Crippen molar-refractivity contribution in [2.45, 2.75) is 26.0 Å². The number of rotatable bonds is 7. The molecule has 17 heavy (non-hydrogen) atoms. The number of nitrogens with one attached hydrogen (secondary N) is 1. The predicted molar refractivity (Wildman–Crippen MR) is 75.1 cm³/mol. The van der Waals surface area contributed by atoms with Gasteiger partial charge in [0.05, 0.1) is 5.75 Å². The van der Waals surface area contributed by atoms with Crippen LogP contribution in [0, 0.1) is 5.92 Å². The Labute approximate surface area is 108 Å². The molecule has 1 amide bonds. The summed E-state index contributed by atoms with van der Waals surface area (Å²) in [5.41, 5.74) is 1.27. The molecule has 2 nitrogen and oxygen atoms in total. The number of thioether (sulfide) groups is 1. The molecule has 0 saturated carbocycles. The van der Waals surface area contributed by atoms with Crippen molar-refractivity contribution in [2.24, 2.45) is 5.92 Å². The number of hydrogen-bond donors (Lipinski definition) is 1. The smallest absolute Gasteiger partial charge is 0.230 e. The molecule has 1 aromatic carbocycles. The standard InChI is InChI=1S/C14H21NOS/c1-12(2)8-9-15-14(16)11-17-10-13-6-4-3-5-7-13/h3-7,12H,8-11H2,1-2H3,(H,15,16). The molecule has 0 unspecified atom stereocenters. The van der Waals surface area contributed by atoms with Crippen molar-refractivity contribution in [3.63, 3.8) is 0 Å². The highest BCUT2D eigenvalue weighted by Gasteiger charge is 2.02. The molecule has 3 heteroatoms. The lowest BCUT2D eigenvalue weighted by Gasteiger charge is -2.07. The third kappa shape index (κ3) is 7.05. The third-order valence-electron chi connectivity index (χ3n) is 2.39. The second-order valence-corrected chi connectivity index (χ2v) is 5.50. The molecular weight excluding hydrogens is 230 g/mol. The second kappa shape index (κ2) is 8.18. The van der Waals surface area contributed by atoms with Gasteiger partial charge in [-0.1, -0.05) is 44.2 Å². The zero-order valence-electron chi connectivity index (χ0n) is 10.6. The van der Waals surface area contributed by atoms with Crippen LogP contribution in [0.3, 0.4) is 0 Å². The molecule has 0 aliphatic carbocycles. The van der Waals surface area contributed by atoms with Crippen LogP contribution in [-0.2, 0) is 10.5 Å². The second-order valence-electron chi connectivity index (χ2n) is 4.51. The molecular formula is C14H21NOS. The lowest BCUT2D eigenvalue weighted by atomic mass is 10.1. The average Bonchev–Trinajstić information content (AvgIpc) is 2.30. The summed E-state index contributed by atoms with van der Waals surface area (Å²) in [5, 5.41) is 2.94. The highest BCUT2D eigenvalue weighted by atomic mass is 32.2. The molecule has 0 aromatic heterocycles. The van der Waals surface area contributed by atoms with Crippen LogP contribution < -0.4 is 5.32 Å². The summed E-state index contributed by atoms with van der Waals surface area (Å²) in [6.07, 6.45) is 1.05. The topological polar surface area (TPSA) is 29.1 Å². The number of amides is 1. The minimum absolute atomic E-state index is 0.145. The SMILES string of the molecule is CC(C)CCNC(=O)CSCc1ccccc1. The van der Waals surface area contributed by atoms with Gasteiger partial charge in [0, 0.05) is 12.3 Å². The fourth-order valence-electron chi connectivity index (χ4n) is 1.39. The minimum atomic E-state index is 0.145. The van der Waals surface area contributed by atoms with Crippen LogP contribution >= 0.6 is 11.8 Å². The summed E-state index contributed by atoms with van der Waals surface area (Å²) in [4.78, 5) is 11.5. The monoisotopic (exact) mass is 251 g/mol. The number of benzene rings is 1. The molecule has 1 rings (SSSR count). The van der Waals surface area contributed by atoms with E-state index in [0.717, 1.165) is 18.7 Å². The van der Waals surface area contributed by atoms with Crippen molar-refractivity contribution < 1.29 is 4.79 Å². The first kappa shape index (κ1) is 14.1. The van der Waals surface area contributed by atoms with E-state index < -0.39 is 0 Å². The zero-order chi connectivity index (χ0) is 12.5. The maximum Gasteiger partial charge on any atom is 0.230 e. The van der Waals surface area contributed by atoms with Crippen molar-refractivity contribution in [3.05, 3.63) is 35.9 Å². The van der Waals surface area contributed by atoms with E-state index in [4.69, 9.17) is 0 Å². The summed E-state index contributed by atoms with van der Waals surface area (Å²) >= 11 is 1.66. The van der Waals surface area contributed by atoms with Crippen molar-refractivity contribution in [1.82, 2.24) is 5.32 Å². The fraction of sp³-hybridized carbons (Fsp3) is 0.500. The van der Waals surface area contributed by atoms with Crippen LogP contribution in [0.5, 0.6) is 0 Å². The third-order valence-corrected chi connectivity index (χ3v) is 3.39. The van der Waals surface area contributed by atoms with Crippen LogP contribution in [0.15, 0.2) is 30.3 Å². The highest BCUT2D eigenvalue weighted by molar-refractivity contribution is 7.99. The van der Waals surface area contributed by atoms with Gasteiger partial charge in [0.1, 0.15) is 0 Å². The molecule has 0 fully saturated rings. The molecule has 94 valence electrons. The van der Waals surface area contributed by atoms with Gasteiger partial charge in [0.25, 0.3) is 0 Å². The van der Waals surface area contributed by atoms with E-state index in [0.29, 0.717) is 11.7 Å². The molecule has 0 aliphatic rings. The van der Waals surface area contributed by atoms with Gasteiger partial charge >= 0.3 is 0 Å². The van der Waals surface area contributed by atoms with E-state index in [-0.39, 0.29) is 5.91 Å². The van der Waals surface area contributed by atoms with Gasteiger partial charge < -0.3 is 5.32 Å². The van der Waals surface area contributed by atoms with Crippen LogP contribution in [0.2, 0.25) is 0 Å². The van der Waals surface area contributed by atoms with E-state index >= 15 is 0 Å². The molecule has 1 aromatic rings. The molecule has 1 N–H and O–H groups in total. The Kier molecular flexibility index (Phi) is 6.78. The van der Waals surface area contributed by atoms with Crippen molar-refractivity contribution in [1.29, 1.82) is 0 Å². The Morgan fingerprint density at radius 1 is 1.29 bits per heavy atom. The molecule has 0 heterocycles. The molecule has 0 radical (unpaired) electrons. The maximum absolute atomic E-state index is 11.5. The van der Waals surface area contributed by atoms with E-state index in [1.54, 1.807) is 11.8 Å². The van der Waals surface area contributed by atoms with Crippen molar-refractivity contribution in [2.75, 3.05) is 12.3 Å². The van der Waals surface area contributed by atoms with Gasteiger partial charge in [-0.3, -0.25) is 4.79 Å². The van der Waals surface area contributed by atoms with Gasteiger partial charge in [0.15, 0.2) is 0 Å². The van der Waals surface area contributed by atoms with Gasteiger partial charge in [0.2, 0.25) is 5.91 Å². The molecule has 0 aliphatic heterocycles. The first-order valence-electron chi connectivity index (χ1n) is 6.07. The van der Waals surface area contributed by atoms with E-state index in [1.807, 2.05) is 18.2 Å². The van der Waals surface area contributed by atoms with E-state index in [9.17, 15) is 4.79 Å². The Balaban J connectivity index is 2.08. The summed E-state index contributed by atoms with van der Waals surface area (Å²) in [6, 6.07) is 10.2. The number of carbonyl (C=O) groups is 1. The first-order chi connectivity index (χ1) is 8.18. The Morgan fingerprint density at radius 3 is 2.65 bits per heavy atom. The fourth-order valence-corrected chi connectivity index (χ4v) is 2.20. The van der Waals surface area contributed by atoms with E-state index in [1.165, 1.54) is 5.56 Å². The van der Waals surface area contributed by atoms with Gasteiger partial charge in [-0.25, -0.2) is 0 Å². The van der Waals surface area contributed by atoms with Crippen LogP contribution in [0.1, 0.15) is 25.8 Å². The quantitative estimate of drug-likeness (QED) is 0.807.